The first-order chi connectivity index (χ1) is 14.7. The molecule has 0 bridgehead atoms. The van der Waals surface area contributed by atoms with Crippen molar-refractivity contribution in [3.63, 3.8) is 0 Å². The zero-order valence-corrected chi connectivity index (χ0v) is 18.1. The van der Waals surface area contributed by atoms with Crippen LogP contribution < -0.4 is 15.8 Å². The van der Waals surface area contributed by atoms with Crippen LogP contribution in [0.25, 0.3) is 22.2 Å². The number of hydrogen-bond acceptors (Lipinski definition) is 4. The summed E-state index contributed by atoms with van der Waals surface area (Å²) in [4.78, 5) is 28.0. The molecule has 8 heteroatoms. The molecule has 1 aromatic heterocycles. The van der Waals surface area contributed by atoms with Crippen molar-refractivity contribution in [3.8, 4) is 11.1 Å². The van der Waals surface area contributed by atoms with Gasteiger partial charge in [0.25, 0.3) is 10.0 Å². The Labute approximate surface area is 178 Å². The second-order valence-electron chi connectivity index (χ2n) is 7.53. The molecule has 0 saturated carbocycles. The number of aromatic amines is 2. The molecule has 0 fully saturated rings. The Bertz CT molecular complexity index is 1510. The van der Waals surface area contributed by atoms with Gasteiger partial charge in [-0.05, 0) is 72.9 Å². The fourth-order valence-corrected chi connectivity index (χ4v) is 5.13. The van der Waals surface area contributed by atoms with Gasteiger partial charge in [0.15, 0.2) is 0 Å². The van der Waals surface area contributed by atoms with Crippen molar-refractivity contribution in [1.29, 1.82) is 0 Å². The standard InChI is InChI=1S/C23H21N3O4S/c1-13-11-18-19(25-23(28)22(27)24-18)12-20(13)31(29,30)26-17-9-14(2)21(15(3)10-17)16-7-5-4-6-8-16/h4-12,26H,1-3H3,(H,24,27)(H,25,28). The lowest BCUT2D eigenvalue weighted by molar-refractivity contribution is 0.600. The summed E-state index contributed by atoms with van der Waals surface area (Å²) in [5.74, 6) is 0. The summed E-state index contributed by atoms with van der Waals surface area (Å²) in [5, 5.41) is 0. The van der Waals surface area contributed by atoms with Crippen molar-refractivity contribution in [3.05, 3.63) is 92.0 Å². The van der Waals surface area contributed by atoms with Gasteiger partial charge in [-0.25, -0.2) is 8.42 Å². The van der Waals surface area contributed by atoms with Gasteiger partial charge < -0.3 is 9.97 Å². The van der Waals surface area contributed by atoms with Gasteiger partial charge in [0.2, 0.25) is 0 Å². The minimum atomic E-state index is -3.93. The van der Waals surface area contributed by atoms with E-state index in [4.69, 9.17) is 0 Å². The van der Waals surface area contributed by atoms with Crippen LogP contribution in [0.1, 0.15) is 16.7 Å². The summed E-state index contributed by atoms with van der Waals surface area (Å²) in [6.07, 6.45) is 0. The average molecular weight is 436 g/mol. The quantitative estimate of drug-likeness (QED) is 0.425. The summed E-state index contributed by atoms with van der Waals surface area (Å²) in [7, 11) is -3.93. The van der Waals surface area contributed by atoms with Gasteiger partial charge in [0.1, 0.15) is 0 Å². The molecule has 31 heavy (non-hydrogen) atoms. The first kappa shape index (κ1) is 20.6. The Hall–Kier alpha value is -3.65. The molecule has 0 aliphatic rings. The van der Waals surface area contributed by atoms with E-state index in [9.17, 15) is 18.0 Å². The van der Waals surface area contributed by atoms with Crippen LogP contribution in [-0.4, -0.2) is 18.4 Å². The average Bonchev–Trinajstić information content (AvgIpc) is 2.68. The second kappa shape index (κ2) is 7.55. The van der Waals surface area contributed by atoms with Gasteiger partial charge in [0.05, 0.1) is 15.9 Å². The summed E-state index contributed by atoms with van der Waals surface area (Å²) < 4.78 is 28.9. The molecule has 4 rings (SSSR count). The number of sulfonamides is 1. The van der Waals surface area contributed by atoms with E-state index in [1.807, 2.05) is 44.2 Å². The number of hydrogen-bond donors (Lipinski definition) is 3. The van der Waals surface area contributed by atoms with Crippen LogP contribution in [-0.2, 0) is 10.0 Å². The molecule has 7 nitrogen and oxygen atoms in total. The number of aryl methyl sites for hydroxylation is 3. The van der Waals surface area contributed by atoms with Crippen LogP contribution in [0.3, 0.4) is 0 Å². The van der Waals surface area contributed by atoms with Gasteiger partial charge in [-0.1, -0.05) is 30.3 Å². The van der Waals surface area contributed by atoms with Gasteiger partial charge in [0, 0.05) is 5.69 Å². The van der Waals surface area contributed by atoms with E-state index in [0.29, 0.717) is 16.8 Å². The largest absolute Gasteiger partial charge is 0.316 e. The molecular weight excluding hydrogens is 414 g/mol. The molecule has 0 amide bonds. The highest BCUT2D eigenvalue weighted by molar-refractivity contribution is 7.92. The molecule has 3 N–H and O–H groups in total. The maximum Gasteiger partial charge on any atom is 0.314 e. The molecule has 4 aromatic rings. The SMILES string of the molecule is Cc1cc2[nH]c(=O)c(=O)[nH]c2cc1S(=O)(=O)Nc1cc(C)c(-c2ccccc2)c(C)c1. The molecule has 158 valence electrons. The van der Waals surface area contributed by atoms with Crippen LogP contribution in [0, 0.1) is 20.8 Å². The zero-order valence-electron chi connectivity index (χ0n) is 17.2. The maximum atomic E-state index is 13.1. The smallest absolute Gasteiger partial charge is 0.314 e. The molecule has 0 spiro atoms. The first-order valence-corrected chi connectivity index (χ1v) is 11.1. The maximum absolute atomic E-state index is 13.1. The third kappa shape index (κ3) is 3.89. The highest BCUT2D eigenvalue weighted by Gasteiger charge is 2.20. The number of fused-ring (bicyclic) bond motifs is 1. The van der Waals surface area contributed by atoms with Crippen molar-refractivity contribution in [2.45, 2.75) is 25.7 Å². The van der Waals surface area contributed by atoms with Crippen molar-refractivity contribution < 1.29 is 8.42 Å². The summed E-state index contributed by atoms with van der Waals surface area (Å²) in [6, 6.07) is 16.4. The van der Waals surface area contributed by atoms with Crippen molar-refractivity contribution in [2.24, 2.45) is 0 Å². The van der Waals surface area contributed by atoms with Crippen LogP contribution in [0.5, 0.6) is 0 Å². The van der Waals surface area contributed by atoms with E-state index in [-0.39, 0.29) is 10.4 Å². The second-order valence-corrected chi connectivity index (χ2v) is 9.18. The molecule has 0 aliphatic carbocycles. The third-order valence-corrected chi connectivity index (χ3v) is 6.68. The van der Waals surface area contributed by atoms with Crippen molar-refractivity contribution in [1.82, 2.24) is 9.97 Å². The Balaban J connectivity index is 1.76. The predicted molar refractivity (Wildman–Crippen MR) is 122 cm³/mol. The molecule has 0 aliphatic heterocycles. The molecule has 3 aromatic carbocycles. The molecule has 0 radical (unpaired) electrons. The van der Waals surface area contributed by atoms with Crippen LogP contribution in [0.2, 0.25) is 0 Å². The first-order valence-electron chi connectivity index (χ1n) is 9.62. The highest BCUT2D eigenvalue weighted by atomic mass is 32.2. The lowest BCUT2D eigenvalue weighted by Crippen LogP contribution is -2.29. The molecular formula is C23H21N3O4S. The number of aromatic nitrogens is 2. The minimum absolute atomic E-state index is 0.0186. The van der Waals surface area contributed by atoms with Crippen LogP contribution in [0.15, 0.2) is 69.1 Å². The molecule has 0 unspecified atom stereocenters. The minimum Gasteiger partial charge on any atom is -0.316 e. The van der Waals surface area contributed by atoms with Gasteiger partial charge in [-0.3, -0.25) is 14.3 Å². The van der Waals surface area contributed by atoms with Crippen LogP contribution in [0.4, 0.5) is 5.69 Å². The Morgan fingerprint density at radius 2 is 1.29 bits per heavy atom. The van der Waals surface area contributed by atoms with Gasteiger partial charge in [-0.15, -0.1) is 0 Å². The zero-order chi connectivity index (χ0) is 22.3. The van der Waals surface area contributed by atoms with Crippen LogP contribution >= 0.6 is 0 Å². The van der Waals surface area contributed by atoms with E-state index in [2.05, 4.69) is 14.7 Å². The van der Waals surface area contributed by atoms with E-state index in [1.54, 1.807) is 19.1 Å². The van der Waals surface area contributed by atoms with E-state index < -0.39 is 21.1 Å². The molecule has 0 saturated heterocycles. The number of rotatable bonds is 4. The third-order valence-electron chi connectivity index (χ3n) is 5.15. The lowest BCUT2D eigenvalue weighted by atomic mass is 9.95. The van der Waals surface area contributed by atoms with Gasteiger partial charge >= 0.3 is 11.1 Å². The molecule has 0 atom stereocenters. The predicted octanol–water partition coefficient (Wildman–Crippen LogP) is 3.61. The molecule has 1 heterocycles. The number of H-pyrrole nitrogens is 2. The van der Waals surface area contributed by atoms with E-state index >= 15 is 0 Å². The highest BCUT2D eigenvalue weighted by Crippen LogP contribution is 2.31. The topological polar surface area (TPSA) is 112 Å². The van der Waals surface area contributed by atoms with E-state index in [1.165, 1.54) is 12.1 Å². The number of anilines is 1. The Morgan fingerprint density at radius 1 is 0.742 bits per heavy atom. The number of nitrogens with one attached hydrogen (secondary N) is 3. The van der Waals surface area contributed by atoms with E-state index in [0.717, 1.165) is 22.3 Å². The van der Waals surface area contributed by atoms with Crippen molar-refractivity contribution in [2.75, 3.05) is 4.72 Å². The Kier molecular flexibility index (Phi) is 5.02. The lowest BCUT2D eigenvalue weighted by Gasteiger charge is -2.16. The fourth-order valence-electron chi connectivity index (χ4n) is 3.84. The fraction of sp³-hybridized carbons (Fsp3) is 0.130. The van der Waals surface area contributed by atoms with Gasteiger partial charge in [-0.2, -0.15) is 0 Å². The summed E-state index contributed by atoms with van der Waals surface area (Å²) in [5.41, 5.74) is 3.88. The summed E-state index contributed by atoms with van der Waals surface area (Å²) in [6.45, 7) is 5.51. The monoisotopic (exact) mass is 435 g/mol. The number of benzene rings is 3. The normalized spacial score (nSPS) is 11.6. The summed E-state index contributed by atoms with van der Waals surface area (Å²) >= 11 is 0. The Morgan fingerprint density at radius 3 is 1.87 bits per heavy atom. The van der Waals surface area contributed by atoms with Crippen molar-refractivity contribution >= 4 is 26.7 Å².